The SMILES string of the molecule is CCn1c2ccccc2c2cc(/C=C/C(=O)NCCCN(C)C)ccc21. The van der Waals surface area contributed by atoms with E-state index in [1.807, 2.05) is 20.2 Å². The monoisotopic (exact) mass is 349 g/mol. The number of benzene rings is 2. The van der Waals surface area contributed by atoms with Crippen LogP contribution >= 0.6 is 0 Å². The average molecular weight is 349 g/mol. The molecule has 1 heterocycles. The van der Waals surface area contributed by atoms with Gasteiger partial charge >= 0.3 is 0 Å². The molecule has 3 rings (SSSR count). The first kappa shape index (κ1) is 18.2. The fraction of sp³-hybridized carbons (Fsp3) is 0.318. The summed E-state index contributed by atoms with van der Waals surface area (Å²) in [6, 6.07) is 14.9. The molecule has 0 unspecified atom stereocenters. The third-order valence-corrected chi connectivity index (χ3v) is 4.62. The molecule has 136 valence electrons. The maximum atomic E-state index is 12.0. The Bertz CT molecular complexity index is 937. The van der Waals surface area contributed by atoms with Gasteiger partial charge in [0.05, 0.1) is 0 Å². The number of carbonyl (C=O) groups is 1. The molecule has 0 bridgehead atoms. The van der Waals surface area contributed by atoms with Crippen LogP contribution in [0.5, 0.6) is 0 Å². The minimum absolute atomic E-state index is 0.0418. The van der Waals surface area contributed by atoms with Crippen LogP contribution in [0.3, 0.4) is 0 Å². The summed E-state index contributed by atoms with van der Waals surface area (Å²) in [7, 11) is 4.07. The lowest BCUT2D eigenvalue weighted by Gasteiger charge is -2.08. The molecule has 1 aromatic heterocycles. The quantitative estimate of drug-likeness (QED) is 0.519. The number of amides is 1. The molecular weight excluding hydrogens is 322 g/mol. The van der Waals surface area contributed by atoms with Gasteiger partial charge in [0.25, 0.3) is 0 Å². The van der Waals surface area contributed by atoms with Gasteiger partial charge in [-0.1, -0.05) is 24.3 Å². The molecule has 0 aliphatic heterocycles. The number of nitrogens with zero attached hydrogens (tertiary/aromatic N) is 2. The van der Waals surface area contributed by atoms with E-state index in [-0.39, 0.29) is 5.91 Å². The molecule has 0 aliphatic carbocycles. The Morgan fingerprint density at radius 2 is 1.88 bits per heavy atom. The Balaban J connectivity index is 1.77. The Labute approximate surface area is 155 Å². The summed E-state index contributed by atoms with van der Waals surface area (Å²) in [5.41, 5.74) is 3.53. The van der Waals surface area contributed by atoms with Crippen molar-refractivity contribution >= 4 is 33.8 Å². The van der Waals surface area contributed by atoms with Crippen molar-refractivity contribution in [3.63, 3.8) is 0 Å². The van der Waals surface area contributed by atoms with Crippen LogP contribution in [0.15, 0.2) is 48.5 Å². The van der Waals surface area contributed by atoms with Gasteiger partial charge in [-0.25, -0.2) is 0 Å². The highest BCUT2D eigenvalue weighted by atomic mass is 16.1. The number of rotatable bonds is 7. The van der Waals surface area contributed by atoms with Crippen LogP contribution in [0, 0.1) is 0 Å². The van der Waals surface area contributed by atoms with E-state index in [0.717, 1.165) is 25.1 Å². The Kier molecular flexibility index (Phi) is 5.74. The molecule has 0 radical (unpaired) electrons. The van der Waals surface area contributed by atoms with Crippen molar-refractivity contribution in [1.82, 2.24) is 14.8 Å². The lowest BCUT2D eigenvalue weighted by atomic mass is 10.1. The zero-order valence-electron chi connectivity index (χ0n) is 15.8. The highest BCUT2D eigenvalue weighted by molar-refractivity contribution is 6.08. The predicted octanol–water partition coefficient (Wildman–Crippen LogP) is 3.90. The van der Waals surface area contributed by atoms with E-state index in [4.69, 9.17) is 0 Å². The molecule has 4 heteroatoms. The summed E-state index contributed by atoms with van der Waals surface area (Å²) < 4.78 is 2.33. The number of carbonyl (C=O) groups excluding carboxylic acids is 1. The molecular formula is C22H27N3O. The van der Waals surface area contributed by atoms with Crippen LogP contribution in [0.25, 0.3) is 27.9 Å². The highest BCUT2D eigenvalue weighted by Gasteiger charge is 2.09. The second-order valence-electron chi connectivity index (χ2n) is 6.82. The van der Waals surface area contributed by atoms with Crippen molar-refractivity contribution in [2.75, 3.05) is 27.2 Å². The normalized spacial score (nSPS) is 11.8. The second-order valence-corrected chi connectivity index (χ2v) is 6.82. The Hall–Kier alpha value is -2.59. The number of fused-ring (bicyclic) bond motifs is 3. The van der Waals surface area contributed by atoms with Crippen molar-refractivity contribution < 1.29 is 4.79 Å². The number of hydrogen-bond donors (Lipinski definition) is 1. The highest BCUT2D eigenvalue weighted by Crippen LogP contribution is 2.29. The van der Waals surface area contributed by atoms with Crippen LogP contribution in [0.4, 0.5) is 0 Å². The van der Waals surface area contributed by atoms with Crippen molar-refractivity contribution in [2.24, 2.45) is 0 Å². The molecule has 4 nitrogen and oxygen atoms in total. The van der Waals surface area contributed by atoms with Crippen molar-refractivity contribution in [3.8, 4) is 0 Å². The average Bonchev–Trinajstić information content (AvgIpc) is 2.96. The molecule has 2 aromatic carbocycles. The number of hydrogen-bond acceptors (Lipinski definition) is 2. The molecule has 0 aliphatic rings. The summed E-state index contributed by atoms with van der Waals surface area (Å²) in [5.74, 6) is -0.0418. The van der Waals surface area contributed by atoms with Gasteiger partial charge < -0.3 is 14.8 Å². The van der Waals surface area contributed by atoms with E-state index in [1.165, 1.54) is 21.8 Å². The van der Waals surface area contributed by atoms with E-state index in [0.29, 0.717) is 6.54 Å². The zero-order chi connectivity index (χ0) is 18.5. The largest absolute Gasteiger partial charge is 0.353 e. The minimum Gasteiger partial charge on any atom is -0.353 e. The standard InChI is InChI=1S/C22H27N3O/c1-4-25-20-9-6-5-8-18(20)19-16-17(10-12-21(19)25)11-13-22(26)23-14-7-15-24(2)3/h5-6,8-13,16H,4,7,14-15H2,1-3H3,(H,23,26)/b13-11+. The fourth-order valence-electron chi connectivity index (χ4n) is 3.35. The van der Waals surface area contributed by atoms with Gasteiger partial charge in [0, 0.05) is 41.0 Å². The Morgan fingerprint density at radius 1 is 1.12 bits per heavy atom. The number of para-hydroxylation sites is 1. The van der Waals surface area contributed by atoms with Crippen LogP contribution in [-0.2, 0) is 11.3 Å². The van der Waals surface area contributed by atoms with E-state index in [2.05, 4.69) is 64.2 Å². The van der Waals surface area contributed by atoms with Crippen molar-refractivity contribution in [2.45, 2.75) is 19.9 Å². The molecule has 26 heavy (non-hydrogen) atoms. The van der Waals surface area contributed by atoms with E-state index in [1.54, 1.807) is 6.08 Å². The number of aromatic nitrogens is 1. The summed E-state index contributed by atoms with van der Waals surface area (Å²) in [4.78, 5) is 14.1. The van der Waals surface area contributed by atoms with Crippen molar-refractivity contribution in [3.05, 3.63) is 54.1 Å². The number of aryl methyl sites for hydroxylation is 1. The molecule has 0 atom stereocenters. The topological polar surface area (TPSA) is 37.3 Å². The van der Waals surface area contributed by atoms with Crippen LogP contribution in [0.2, 0.25) is 0 Å². The third kappa shape index (κ3) is 3.97. The van der Waals surface area contributed by atoms with Crippen LogP contribution in [-0.4, -0.2) is 42.6 Å². The van der Waals surface area contributed by atoms with Gasteiger partial charge in [0.15, 0.2) is 0 Å². The lowest BCUT2D eigenvalue weighted by molar-refractivity contribution is -0.116. The van der Waals surface area contributed by atoms with Gasteiger partial charge in [0.2, 0.25) is 5.91 Å². The molecule has 1 amide bonds. The Morgan fingerprint density at radius 3 is 2.65 bits per heavy atom. The maximum absolute atomic E-state index is 12.0. The summed E-state index contributed by atoms with van der Waals surface area (Å²) >= 11 is 0. The molecule has 0 saturated carbocycles. The van der Waals surface area contributed by atoms with Gasteiger partial charge in [-0.3, -0.25) is 4.79 Å². The van der Waals surface area contributed by atoms with Crippen LogP contribution < -0.4 is 5.32 Å². The fourth-order valence-corrected chi connectivity index (χ4v) is 3.35. The summed E-state index contributed by atoms with van der Waals surface area (Å²) in [6.07, 6.45) is 4.46. The minimum atomic E-state index is -0.0418. The molecule has 0 saturated heterocycles. The summed E-state index contributed by atoms with van der Waals surface area (Å²) in [5, 5.41) is 5.42. The first-order chi connectivity index (χ1) is 12.6. The second kappa shape index (κ2) is 8.19. The molecule has 3 aromatic rings. The molecule has 0 spiro atoms. The van der Waals surface area contributed by atoms with Crippen LogP contribution in [0.1, 0.15) is 18.9 Å². The van der Waals surface area contributed by atoms with Gasteiger partial charge in [-0.05, 0) is 63.8 Å². The van der Waals surface area contributed by atoms with Crippen molar-refractivity contribution in [1.29, 1.82) is 0 Å². The smallest absolute Gasteiger partial charge is 0.243 e. The van der Waals surface area contributed by atoms with Gasteiger partial charge in [-0.15, -0.1) is 0 Å². The zero-order valence-corrected chi connectivity index (χ0v) is 15.8. The maximum Gasteiger partial charge on any atom is 0.243 e. The van der Waals surface area contributed by atoms with Gasteiger partial charge in [-0.2, -0.15) is 0 Å². The third-order valence-electron chi connectivity index (χ3n) is 4.62. The number of nitrogens with one attached hydrogen (secondary N) is 1. The predicted molar refractivity (Wildman–Crippen MR) is 110 cm³/mol. The lowest BCUT2D eigenvalue weighted by Crippen LogP contribution is -2.25. The van der Waals surface area contributed by atoms with E-state index < -0.39 is 0 Å². The molecule has 0 fully saturated rings. The first-order valence-corrected chi connectivity index (χ1v) is 9.21. The summed E-state index contributed by atoms with van der Waals surface area (Å²) in [6.45, 7) is 4.78. The molecule has 1 N–H and O–H groups in total. The first-order valence-electron chi connectivity index (χ1n) is 9.21. The van der Waals surface area contributed by atoms with Gasteiger partial charge in [0.1, 0.15) is 0 Å². The van der Waals surface area contributed by atoms with E-state index >= 15 is 0 Å². The van der Waals surface area contributed by atoms with E-state index in [9.17, 15) is 4.79 Å².